The molecular formula is C10H21N3O2S. The zero-order valence-electron chi connectivity index (χ0n) is 9.80. The summed E-state index contributed by atoms with van der Waals surface area (Å²) in [7, 11) is -2.80. The molecule has 2 N–H and O–H groups in total. The molecule has 0 radical (unpaired) electrons. The van der Waals surface area contributed by atoms with E-state index in [-0.39, 0.29) is 0 Å². The maximum atomic E-state index is 11.0. The van der Waals surface area contributed by atoms with Crippen molar-refractivity contribution >= 4 is 9.84 Å². The van der Waals surface area contributed by atoms with Gasteiger partial charge in [0.25, 0.3) is 0 Å². The van der Waals surface area contributed by atoms with E-state index < -0.39 is 9.84 Å². The van der Waals surface area contributed by atoms with Gasteiger partial charge in [-0.25, -0.2) is 13.4 Å². The van der Waals surface area contributed by atoms with E-state index in [0.717, 1.165) is 39.1 Å². The van der Waals surface area contributed by atoms with Crippen molar-refractivity contribution in [2.75, 3.05) is 44.7 Å². The predicted octanol–water partition coefficient (Wildman–Crippen LogP) is -0.842. The number of nitrogens with zero attached hydrogens (tertiary/aromatic N) is 2. The molecule has 6 heteroatoms. The molecule has 16 heavy (non-hydrogen) atoms. The van der Waals surface area contributed by atoms with Gasteiger partial charge in [-0.15, -0.1) is 0 Å². The Balaban J connectivity index is 1.71. The number of rotatable bonds is 4. The lowest BCUT2D eigenvalue weighted by molar-refractivity contribution is 0.260. The van der Waals surface area contributed by atoms with Gasteiger partial charge in [-0.3, -0.25) is 5.84 Å². The molecule has 5 nitrogen and oxygen atoms in total. The van der Waals surface area contributed by atoms with Crippen LogP contribution in [0.3, 0.4) is 0 Å². The molecule has 2 saturated heterocycles. The fourth-order valence-corrected chi connectivity index (χ4v) is 3.51. The van der Waals surface area contributed by atoms with E-state index >= 15 is 0 Å². The van der Waals surface area contributed by atoms with Gasteiger partial charge in [0, 0.05) is 32.4 Å². The van der Waals surface area contributed by atoms with Crippen molar-refractivity contribution in [2.24, 2.45) is 17.7 Å². The number of hydrazine groups is 1. The fourth-order valence-electron chi connectivity index (χ4n) is 2.86. The summed E-state index contributed by atoms with van der Waals surface area (Å²) in [5.74, 6) is 7.47. The largest absolute Gasteiger partial charge is 0.303 e. The van der Waals surface area contributed by atoms with E-state index in [1.807, 2.05) is 5.01 Å². The summed E-state index contributed by atoms with van der Waals surface area (Å²) in [5.41, 5.74) is 0. The first-order valence-electron chi connectivity index (χ1n) is 5.84. The Morgan fingerprint density at radius 3 is 2.25 bits per heavy atom. The van der Waals surface area contributed by atoms with E-state index in [4.69, 9.17) is 5.84 Å². The number of likely N-dealkylation sites (tertiary alicyclic amines) is 1. The lowest BCUT2D eigenvalue weighted by atomic mass is 10.0. The highest BCUT2D eigenvalue weighted by Gasteiger charge is 2.38. The number of fused-ring (bicyclic) bond motifs is 1. The van der Waals surface area contributed by atoms with Gasteiger partial charge in [0.1, 0.15) is 9.84 Å². The maximum Gasteiger partial charge on any atom is 0.147 e. The van der Waals surface area contributed by atoms with Gasteiger partial charge in [-0.05, 0) is 24.8 Å². The van der Waals surface area contributed by atoms with E-state index in [1.165, 1.54) is 6.26 Å². The third-order valence-electron chi connectivity index (χ3n) is 3.58. The molecule has 0 aromatic heterocycles. The smallest absolute Gasteiger partial charge is 0.147 e. The molecule has 2 rings (SSSR count). The summed E-state index contributed by atoms with van der Waals surface area (Å²) in [5, 5.41) is 1.91. The van der Waals surface area contributed by atoms with Crippen LogP contribution in [0, 0.1) is 11.8 Å². The molecule has 0 aliphatic carbocycles. The van der Waals surface area contributed by atoms with E-state index in [0.29, 0.717) is 17.6 Å². The molecule has 0 amide bonds. The second-order valence-corrected chi connectivity index (χ2v) is 7.48. The normalized spacial score (nSPS) is 32.1. The predicted molar refractivity (Wildman–Crippen MR) is 63.5 cm³/mol. The zero-order chi connectivity index (χ0) is 11.8. The standard InChI is InChI=1S/C10H21N3O2S/c1-16(14,15)4-2-3-12-5-9-7-13(11)8-10(9)6-12/h9-10H,2-8,11H2,1H3/t9-,10+. The van der Waals surface area contributed by atoms with Crippen LogP contribution in [0.2, 0.25) is 0 Å². The van der Waals surface area contributed by atoms with Gasteiger partial charge in [-0.2, -0.15) is 0 Å². The van der Waals surface area contributed by atoms with Crippen molar-refractivity contribution in [3.05, 3.63) is 0 Å². The first kappa shape index (κ1) is 12.3. The fraction of sp³-hybridized carbons (Fsp3) is 1.00. The molecule has 0 unspecified atom stereocenters. The molecule has 0 aromatic rings. The molecule has 94 valence electrons. The van der Waals surface area contributed by atoms with Gasteiger partial charge < -0.3 is 4.90 Å². The summed E-state index contributed by atoms with van der Waals surface area (Å²) in [6, 6.07) is 0. The Morgan fingerprint density at radius 1 is 1.19 bits per heavy atom. The summed E-state index contributed by atoms with van der Waals surface area (Å²) < 4.78 is 22.0. The summed E-state index contributed by atoms with van der Waals surface area (Å²) in [6.07, 6.45) is 2.06. The van der Waals surface area contributed by atoms with Crippen LogP contribution < -0.4 is 5.84 Å². The minimum atomic E-state index is -2.80. The monoisotopic (exact) mass is 247 g/mol. The van der Waals surface area contributed by atoms with Crippen molar-refractivity contribution in [2.45, 2.75) is 6.42 Å². The van der Waals surface area contributed by atoms with Crippen LogP contribution in [-0.2, 0) is 9.84 Å². The van der Waals surface area contributed by atoms with Gasteiger partial charge in [0.15, 0.2) is 0 Å². The highest BCUT2D eigenvalue weighted by Crippen LogP contribution is 2.29. The topological polar surface area (TPSA) is 66.6 Å². The van der Waals surface area contributed by atoms with Crippen molar-refractivity contribution in [1.82, 2.24) is 9.91 Å². The highest BCUT2D eigenvalue weighted by molar-refractivity contribution is 7.90. The molecule has 0 aromatic carbocycles. The Morgan fingerprint density at radius 2 is 1.75 bits per heavy atom. The van der Waals surface area contributed by atoms with E-state index in [9.17, 15) is 8.42 Å². The third-order valence-corrected chi connectivity index (χ3v) is 4.61. The molecule has 2 fully saturated rings. The number of hydrogen-bond acceptors (Lipinski definition) is 5. The Hall–Kier alpha value is -0.170. The molecule has 2 aliphatic rings. The van der Waals surface area contributed by atoms with Gasteiger partial charge in [0.2, 0.25) is 0 Å². The van der Waals surface area contributed by atoms with Crippen LogP contribution in [0.4, 0.5) is 0 Å². The van der Waals surface area contributed by atoms with Gasteiger partial charge >= 0.3 is 0 Å². The van der Waals surface area contributed by atoms with Crippen molar-refractivity contribution in [1.29, 1.82) is 0 Å². The molecule has 2 aliphatic heterocycles. The van der Waals surface area contributed by atoms with Crippen molar-refractivity contribution in [3.8, 4) is 0 Å². The van der Waals surface area contributed by atoms with Crippen LogP contribution in [0.1, 0.15) is 6.42 Å². The second-order valence-electron chi connectivity index (χ2n) is 5.22. The average Bonchev–Trinajstić information content (AvgIpc) is 2.58. The molecule has 0 spiro atoms. The number of sulfone groups is 1. The molecular weight excluding hydrogens is 226 g/mol. The van der Waals surface area contributed by atoms with Crippen molar-refractivity contribution < 1.29 is 8.42 Å². The highest BCUT2D eigenvalue weighted by atomic mass is 32.2. The van der Waals surface area contributed by atoms with Crippen LogP contribution in [0.15, 0.2) is 0 Å². The Bertz CT molecular complexity index is 330. The quantitative estimate of drug-likeness (QED) is 0.656. The Labute approximate surface area is 97.5 Å². The van der Waals surface area contributed by atoms with E-state index in [2.05, 4.69) is 4.90 Å². The molecule has 0 bridgehead atoms. The molecule has 2 heterocycles. The van der Waals surface area contributed by atoms with E-state index in [1.54, 1.807) is 0 Å². The minimum absolute atomic E-state index is 0.307. The van der Waals surface area contributed by atoms with Crippen LogP contribution in [-0.4, -0.2) is 63.1 Å². The van der Waals surface area contributed by atoms with Crippen LogP contribution >= 0.6 is 0 Å². The first-order valence-corrected chi connectivity index (χ1v) is 7.90. The summed E-state index contributed by atoms with van der Waals surface area (Å²) in [6.45, 7) is 5.06. The third kappa shape index (κ3) is 3.16. The molecule has 0 saturated carbocycles. The lowest BCUT2D eigenvalue weighted by Crippen LogP contribution is -2.33. The summed E-state index contributed by atoms with van der Waals surface area (Å²) in [4.78, 5) is 2.38. The zero-order valence-corrected chi connectivity index (χ0v) is 10.6. The lowest BCUT2D eigenvalue weighted by Gasteiger charge is -2.18. The number of nitrogens with two attached hydrogens (primary N) is 1. The second kappa shape index (κ2) is 4.60. The van der Waals surface area contributed by atoms with Crippen molar-refractivity contribution in [3.63, 3.8) is 0 Å². The van der Waals surface area contributed by atoms with Gasteiger partial charge in [0.05, 0.1) is 5.75 Å². The molecule has 2 atom stereocenters. The van der Waals surface area contributed by atoms with Crippen LogP contribution in [0.5, 0.6) is 0 Å². The average molecular weight is 247 g/mol. The van der Waals surface area contributed by atoms with Gasteiger partial charge in [-0.1, -0.05) is 0 Å². The maximum absolute atomic E-state index is 11.0. The number of hydrogen-bond donors (Lipinski definition) is 1. The minimum Gasteiger partial charge on any atom is -0.303 e. The SMILES string of the molecule is CS(=O)(=O)CCCN1C[C@H]2CN(N)C[C@H]2C1. The Kier molecular flexibility index (Phi) is 3.53. The summed E-state index contributed by atoms with van der Waals surface area (Å²) >= 11 is 0. The first-order chi connectivity index (χ1) is 7.44. The van der Waals surface area contributed by atoms with Crippen LogP contribution in [0.25, 0.3) is 0 Å².